The van der Waals surface area contributed by atoms with E-state index in [1.807, 2.05) is 7.05 Å². The van der Waals surface area contributed by atoms with Crippen LogP contribution in [-0.2, 0) is 4.79 Å². The molecule has 6 nitrogen and oxygen atoms in total. The molecule has 0 radical (unpaired) electrons. The van der Waals surface area contributed by atoms with Gasteiger partial charge < -0.3 is 20.5 Å². The molecule has 3 N–H and O–H groups in total. The van der Waals surface area contributed by atoms with Crippen molar-refractivity contribution in [2.24, 2.45) is 11.1 Å². The third-order valence-electron chi connectivity index (χ3n) is 2.87. The summed E-state index contributed by atoms with van der Waals surface area (Å²) < 4.78 is 4.88. The van der Waals surface area contributed by atoms with E-state index in [4.69, 9.17) is 10.3 Å². The average molecular weight is 268 g/mol. The largest absolute Gasteiger partial charge is 0.360 e. The van der Waals surface area contributed by atoms with Gasteiger partial charge in [-0.15, -0.1) is 0 Å². The maximum absolute atomic E-state index is 11.7. The molecule has 0 aliphatic heterocycles. The van der Waals surface area contributed by atoms with Gasteiger partial charge in [0.25, 0.3) is 0 Å². The van der Waals surface area contributed by atoms with Gasteiger partial charge in [0.1, 0.15) is 5.76 Å². The lowest BCUT2D eigenvalue weighted by molar-refractivity contribution is -0.116. The van der Waals surface area contributed by atoms with Gasteiger partial charge in [-0.3, -0.25) is 4.79 Å². The topological polar surface area (TPSA) is 84.4 Å². The Bertz CT molecular complexity index is 415. The minimum atomic E-state index is -0.0642. The molecule has 0 aromatic carbocycles. The van der Waals surface area contributed by atoms with Crippen LogP contribution in [0.3, 0.4) is 0 Å². The highest BCUT2D eigenvalue weighted by Crippen LogP contribution is 2.14. The maximum Gasteiger partial charge on any atom is 0.226 e. The van der Waals surface area contributed by atoms with E-state index in [0.717, 1.165) is 6.54 Å². The first kappa shape index (κ1) is 15.7. The van der Waals surface area contributed by atoms with Crippen molar-refractivity contribution in [2.75, 3.05) is 32.0 Å². The lowest BCUT2D eigenvalue weighted by atomic mass is 9.93. The second-order valence-corrected chi connectivity index (χ2v) is 5.73. The molecule has 1 aromatic heterocycles. The summed E-state index contributed by atoms with van der Waals surface area (Å²) in [5, 5.41) is 6.42. The molecule has 0 fully saturated rings. The molecule has 19 heavy (non-hydrogen) atoms. The van der Waals surface area contributed by atoms with Gasteiger partial charge in [0.15, 0.2) is 5.82 Å². The van der Waals surface area contributed by atoms with Crippen molar-refractivity contribution >= 4 is 11.7 Å². The van der Waals surface area contributed by atoms with Gasteiger partial charge in [0.05, 0.1) is 0 Å². The fourth-order valence-corrected chi connectivity index (χ4v) is 1.80. The smallest absolute Gasteiger partial charge is 0.226 e. The molecule has 1 heterocycles. The molecule has 108 valence electrons. The SMILES string of the molecule is Cc1cc(NC(=O)CCN(C)CC(C)(C)CN)no1. The zero-order valence-corrected chi connectivity index (χ0v) is 12.2. The van der Waals surface area contributed by atoms with Crippen molar-refractivity contribution in [3.8, 4) is 0 Å². The summed E-state index contributed by atoms with van der Waals surface area (Å²) in [6.45, 7) is 8.18. The van der Waals surface area contributed by atoms with Crippen LogP contribution in [0.5, 0.6) is 0 Å². The number of aryl methyl sites for hydroxylation is 1. The second kappa shape index (κ2) is 6.68. The lowest BCUT2D eigenvalue weighted by Crippen LogP contribution is -2.37. The molecule has 0 bridgehead atoms. The van der Waals surface area contributed by atoms with E-state index in [-0.39, 0.29) is 11.3 Å². The van der Waals surface area contributed by atoms with Crippen molar-refractivity contribution in [3.05, 3.63) is 11.8 Å². The Morgan fingerprint density at radius 2 is 2.26 bits per heavy atom. The third-order valence-corrected chi connectivity index (χ3v) is 2.87. The van der Waals surface area contributed by atoms with Crippen LogP contribution < -0.4 is 11.1 Å². The van der Waals surface area contributed by atoms with E-state index in [0.29, 0.717) is 31.1 Å². The summed E-state index contributed by atoms with van der Waals surface area (Å²) in [5.74, 6) is 1.08. The van der Waals surface area contributed by atoms with Gasteiger partial charge in [-0.2, -0.15) is 0 Å². The number of nitrogens with zero attached hydrogens (tertiary/aromatic N) is 2. The maximum atomic E-state index is 11.7. The Morgan fingerprint density at radius 1 is 1.58 bits per heavy atom. The van der Waals surface area contributed by atoms with Gasteiger partial charge in [0.2, 0.25) is 5.91 Å². The van der Waals surface area contributed by atoms with Gasteiger partial charge in [0, 0.05) is 25.6 Å². The monoisotopic (exact) mass is 268 g/mol. The van der Waals surface area contributed by atoms with Crippen LogP contribution >= 0.6 is 0 Å². The van der Waals surface area contributed by atoms with Crippen molar-refractivity contribution in [1.29, 1.82) is 0 Å². The van der Waals surface area contributed by atoms with Crippen LogP contribution in [0.15, 0.2) is 10.6 Å². The summed E-state index contributed by atoms with van der Waals surface area (Å²) in [6.07, 6.45) is 0.420. The summed E-state index contributed by atoms with van der Waals surface area (Å²) in [7, 11) is 1.99. The van der Waals surface area contributed by atoms with Gasteiger partial charge in [-0.25, -0.2) is 0 Å². The van der Waals surface area contributed by atoms with Crippen molar-refractivity contribution < 1.29 is 9.32 Å². The zero-order chi connectivity index (χ0) is 14.5. The first-order valence-electron chi connectivity index (χ1n) is 6.44. The highest BCUT2D eigenvalue weighted by atomic mass is 16.5. The van der Waals surface area contributed by atoms with Crippen LogP contribution in [0.2, 0.25) is 0 Å². The van der Waals surface area contributed by atoms with Gasteiger partial charge >= 0.3 is 0 Å². The highest BCUT2D eigenvalue weighted by Gasteiger charge is 2.18. The normalized spacial score (nSPS) is 11.9. The first-order chi connectivity index (χ1) is 8.82. The van der Waals surface area contributed by atoms with E-state index < -0.39 is 0 Å². The Labute approximate surface area is 114 Å². The number of amides is 1. The molecule has 1 rings (SSSR count). The van der Waals surface area contributed by atoms with Crippen molar-refractivity contribution in [1.82, 2.24) is 10.1 Å². The van der Waals surface area contributed by atoms with Crippen LogP contribution in [0, 0.1) is 12.3 Å². The van der Waals surface area contributed by atoms with E-state index in [1.54, 1.807) is 13.0 Å². The number of rotatable bonds is 7. The summed E-state index contributed by atoms with van der Waals surface area (Å²) in [5.41, 5.74) is 5.75. The van der Waals surface area contributed by atoms with Gasteiger partial charge in [-0.05, 0) is 25.9 Å². The second-order valence-electron chi connectivity index (χ2n) is 5.73. The van der Waals surface area contributed by atoms with Crippen molar-refractivity contribution in [2.45, 2.75) is 27.2 Å². The quantitative estimate of drug-likeness (QED) is 0.777. The number of aromatic nitrogens is 1. The fraction of sp³-hybridized carbons (Fsp3) is 0.692. The number of nitrogens with one attached hydrogen (secondary N) is 1. The molecule has 0 saturated carbocycles. The minimum absolute atomic E-state index is 0.0639. The molecular weight excluding hydrogens is 244 g/mol. The molecule has 0 unspecified atom stereocenters. The zero-order valence-electron chi connectivity index (χ0n) is 12.2. The fourth-order valence-electron chi connectivity index (χ4n) is 1.80. The standard InChI is InChI=1S/C13H24N4O2/c1-10-7-11(16-19-10)15-12(18)5-6-17(4)9-13(2,3)8-14/h7H,5-6,8-9,14H2,1-4H3,(H,15,16,18). The minimum Gasteiger partial charge on any atom is -0.360 e. The summed E-state index contributed by atoms with van der Waals surface area (Å²) in [6, 6.07) is 1.69. The predicted molar refractivity (Wildman–Crippen MR) is 74.8 cm³/mol. The number of hydrogen-bond acceptors (Lipinski definition) is 5. The number of carbonyl (C=O) groups excluding carboxylic acids is 1. The molecule has 0 aliphatic carbocycles. The first-order valence-corrected chi connectivity index (χ1v) is 6.44. The summed E-state index contributed by atoms with van der Waals surface area (Å²) >= 11 is 0. The van der Waals surface area contributed by atoms with Crippen LogP contribution in [0.4, 0.5) is 5.82 Å². The van der Waals surface area contributed by atoms with E-state index in [2.05, 4.69) is 29.2 Å². The molecule has 0 atom stereocenters. The molecule has 0 spiro atoms. The number of anilines is 1. The Kier molecular flexibility index (Phi) is 5.50. The predicted octanol–water partition coefficient (Wildman–Crippen LogP) is 1.23. The number of nitrogens with two attached hydrogens (primary N) is 1. The van der Waals surface area contributed by atoms with Crippen LogP contribution in [0.1, 0.15) is 26.0 Å². The Hall–Kier alpha value is -1.40. The van der Waals surface area contributed by atoms with E-state index in [9.17, 15) is 4.79 Å². The molecule has 6 heteroatoms. The lowest BCUT2D eigenvalue weighted by Gasteiger charge is -2.28. The van der Waals surface area contributed by atoms with Crippen molar-refractivity contribution in [3.63, 3.8) is 0 Å². The number of hydrogen-bond donors (Lipinski definition) is 2. The van der Waals surface area contributed by atoms with E-state index in [1.165, 1.54) is 0 Å². The molecule has 1 aromatic rings. The average Bonchev–Trinajstić information content (AvgIpc) is 2.72. The van der Waals surface area contributed by atoms with Crippen LogP contribution in [-0.4, -0.2) is 42.6 Å². The summed E-state index contributed by atoms with van der Waals surface area (Å²) in [4.78, 5) is 13.8. The molecule has 0 aliphatic rings. The molecule has 1 amide bonds. The van der Waals surface area contributed by atoms with Gasteiger partial charge in [-0.1, -0.05) is 19.0 Å². The molecule has 0 saturated heterocycles. The number of carbonyl (C=O) groups is 1. The third kappa shape index (κ3) is 5.85. The Balaban J connectivity index is 2.30. The Morgan fingerprint density at radius 3 is 2.79 bits per heavy atom. The highest BCUT2D eigenvalue weighted by molar-refractivity contribution is 5.89. The molecular formula is C13H24N4O2. The van der Waals surface area contributed by atoms with Crippen LogP contribution in [0.25, 0.3) is 0 Å². The van der Waals surface area contributed by atoms with E-state index >= 15 is 0 Å².